The predicted molar refractivity (Wildman–Crippen MR) is 83.1 cm³/mol. The van der Waals surface area contributed by atoms with Crippen LogP contribution in [0.4, 0.5) is 5.95 Å². The van der Waals surface area contributed by atoms with E-state index >= 15 is 0 Å². The SMILES string of the molecule is [B]c1cnc(N2CCC(C=O)(c3ccccc3)CC2)nc1. The number of nitrogens with zero attached hydrogens (tertiary/aromatic N) is 3. The monoisotopic (exact) mass is 277 g/mol. The van der Waals surface area contributed by atoms with Gasteiger partial charge in [-0.3, -0.25) is 0 Å². The first-order chi connectivity index (χ1) is 10.2. The lowest BCUT2D eigenvalue weighted by Crippen LogP contribution is -2.44. The molecule has 1 saturated heterocycles. The molecule has 2 heterocycles. The van der Waals surface area contributed by atoms with Crippen LogP contribution in [-0.2, 0) is 10.2 Å². The second kappa shape index (κ2) is 5.68. The highest BCUT2D eigenvalue weighted by Gasteiger charge is 2.36. The van der Waals surface area contributed by atoms with Gasteiger partial charge < -0.3 is 9.69 Å². The van der Waals surface area contributed by atoms with Gasteiger partial charge in [-0.2, -0.15) is 0 Å². The molecule has 21 heavy (non-hydrogen) atoms. The minimum atomic E-state index is -0.383. The second-order valence-corrected chi connectivity index (χ2v) is 5.44. The van der Waals surface area contributed by atoms with Crippen LogP contribution in [0.5, 0.6) is 0 Å². The molecule has 1 aromatic heterocycles. The van der Waals surface area contributed by atoms with Gasteiger partial charge in [-0.25, -0.2) is 9.97 Å². The Labute approximate surface area is 125 Å². The number of piperidine rings is 1. The minimum Gasteiger partial charge on any atom is -0.341 e. The van der Waals surface area contributed by atoms with Gasteiger partial charge in [0.1, 0.15) is 14.1 Å². The quantitative estimate of drug-likeness (QED) is 0.620. The smallest absolute Gasteiger partial charge is 0.225 e. The molecule has 1 aromatic carbocycles. The normalized spacial score (nSPS) is 17.4. The first-order valence-electron chi connectivity index (χ1n) is 7.08. The lowest BCUT2D eigenvalue weighted by molar-refractivity contribution is -0.113. The molecular weight excluding hydrogens is 261 g/mol. The molecule has 0 bridgehead atoms. The van der Waals surface area contributed by atoms with Gasteiger partial charge in [0.15, 0.2) is 0 Å². The number of aldehydes is 1. The topological polar surface area (TPSA) is 46.1 Å². The van der Waals surface area contributed by atoms with E-state index in [2.05, 4.69) is 14.9 Å². The van der Waals surface area contributed by atoms with Crippen LogP contribution >= 0.6 is 0 Å². The van der Waals surface area contributed by atoms with E-state index in [0.29, 0.717) is 11.4 Å². The van der Waals surface area contributed by atoms with E-state index in [4.69, 9.17) is 7.85 Å². The minimum absolute atomic E-state index is 0.383. The van der Waals surface area contributed by atoms with Gasteiger partial charge in [-0.05, 0) is 18.4 Å². The van der Waals surface area contributed by atoms with Crippen molar-refractivity contribution in [2.24, 2.45) is 0 Å². The van der Waals surface area contributed by atoms with Gasteiger partial charge in [-0.15, -0.1) is 0 Å². The molecule has 2 radical (unpaired) electrons. The summed E-state index contributed by atoms with van der Waals surface area (Å²) in [6.07, 6.45) is 5.87. The highest BCUT2D eigenvalue weighted by molar-refractivity contribution is 6.31. The average molecular weight is 277 g/mol. The first-order valence-corrected chi connectivity index (χ1v) is 7.08. The van der Waals surface area contributed by atoms with Crippen molar-refractivity contribution in [3.05, 3.63) is 48.3 Å². The summed E-state index contributed by atoms with van der Waals surface area (Å²) in [5.41, 5.74) is 1.27. The number of hydrogen-bond acceptors (Lipinski definition) is 4. The van der Waals surface area contributed by atoms with Crippen LogP contribution in [0.25, 0.3) is 0 Å². The highest BCUT2D eigenvalue weighted by atomic mass is 16.1. The predicted octanol–water partition coefficient (Wildman–Crippen LogP) is 1.01. The molecule has 5 heteroatoms. The average Bonchev–Trinajstić information content (AvgIpc) is 2.56. The van der Waals surface area contributed by atoms with Crippen molar-refractivity contribution in [2.75, 3.05) is 18.0 Å². The highest BCUT2D eigenvalue weighted by Crippen LogP contribution is 2.34. The van der Waals surface area contributed by atoms with E-state index in [1.54, 1.807) is 12.4 Å². The molecule has 0 unspecified atom stereocenters. The summed E-state index contributed by atoms with van der Waals surface area (Å²) in [6.45, 7) is 1.52. The number of hydrogen-bond donors (Lipinski definition) is 0. The Hall–Kier alpha value is -2.17. The molecule has 0 atom stereocenters. The number of rotatable bonds is 3. The maximum atomic E-state index is 11.7. The molecule has 3 rings (SSSR count). The van der Waals surface area contributed by atoms with Crippen LogP contribution in [0.3, 0.4) is 0 Å². The maximum absolute atomic E-state index is 11.7. The molecule has 0 saturated carbocycles. The van der Waals surface area contributed by atoms with E-state index in [1.165, 1.54) is 0 Å². The van der Waals surface area contributed by atoms with Gasteiger partial charge in [0, 0.05) is 25.5 Å². The van der Waals surface area contributed by atoms with Gasteiger partial charge in [0.25, 0.3) is 0 Å². The third kappa shape index (κ3) is 2.68. The lowest BCUT2D eigenvalue weighted by atomic mass is 9.74. The summed E-state index contributed by atoms with van der Waals surface area (Å²) in [5, 5.41) is 0. The molecule has 0 spiro atoms. The molecular formula is C16H16BN3O. The van der Waals surface area contributed by atoms with E-state index < -0.39 is 0 Å². The van der Waals surface area contributed by atoms with Crippen LogP contribution in [0.2, 0.25) is 0 Å². The Bertz CT molecular complexity index is 607. The fourth-order valence-electron chi connectivity index (χ4n) is 2.84. The zero-order valence-corrected chi connectivity index (χ0v) is 11.8. The Morgan fingerprint density at radius 1 is 1.10 bits per heavy atom. The molecule has 1 fully saturated rings. The molecule has 0 N–H and O–H groups in total. The Kier molecular flexibility index (Phi) is 3.73. The van der Waals surface area contributed by atoms with Crippen LogP contribution in [0.1, 0.15) is 18.4 Å². The summed E-state index contributed by atoms with van der Waals surface area (Å²) in [7, 11) is 5.61. The molecule has 1 aliphatic rings. The van der Waals surface area contributed by atoms with Gasteiger partial charge in [0.05, 0.1) is 5.41 Å². The molecule has 4 nitrogen and oxygen atoms in total. The van der Waals surface area contributed by atoms with E-state index in [1.807, 2.05) is 30.3 Å². The lowest BCUT2D eigenvalue weighted by Gasteiger charge is -2.38. The number of anilines is 1. The van der Waals surface area contributed by atoms with Crippen molar-refractivity contribution in [3.8, 4) is 0 Å². The molecule has 1 aliphatic heterocycles. The van der Waals surface area contributed by atoms with E-state index in [-0.39, 0.29) is 5.41 Å². The van der Waals surface area contributed by atoms with Crippen molar-refractivity contribution in [2.45, 2.75) is 18.3 Å². The summed E-state index contributed by atoms with van der Waals surface area (Å²) >= 11 is 0. The molecule has 0 aliphatic carbocycles. The van der Waals surface area contributed by atoms with E-state index in [9.17, 15) is 4.79 Å². The standard InChI is InChI=1S/C16H16BN3O/c17-14-10-18-15(19-11-14)20-8-6-16(12-21,7-9-20)13-4-2-1-3-5-13/h1-5,10-12H,6-9H2. The van der Waals surface area contributed by atoms with E-state index in [0.717, 1.165) is 37.8 Å². The van der Waals surface area contributed by atoms with Crippen molar-refractivity contribution in [1.29, 1.82) is 0 Å². The van der Waals surface area contributed by atoms with Crippen molar-refractivity contribution in [1.82, 2.24) is 9.97 Å². The maximum Gasteiger partial charge on any atom is 0.225 e. The Morgan fingerprint density at radius 3 is 2.29 bits per heavy atom. The largest absolute Gasteiger partial charge is 0.341 e. The third-order valence-corrected chi connectivity index (χ3v) is 4.17. The van der Waals surface area contributed by atoms with Gasteiger partial charge >= 0.3 is 0 Å². The van der Waals surface area contributed by atoms with Crippen LogP contribution in [0, 0.1) is 0 Å². The first kappa shape index (κ1) is 13.8. The summed E-state index contributed by atoms with van der Waals surface area (Å²) < 4.78 is 0. The fourth-order valence-corrected chi connectivity index (χ4v) is 2.84. The zero-order chi connectivity index (χ0) is 14.7. The van der Waals surface area contributed by atoms with Crippen molar-refractivity contribution < 1.29 is 4.79 Å². The summed E-state index contributed by atoms with van der Waals surface area (Å²) in [5.74, 6) is 0.678. The summed E-state index contributed by atoms with van der Waals surface area (Å²) in [4.78, 5) is 22.3. The Balaban J connectivity index is 1.77. The number of benzene rings is 1. The van der Waals surface area contributed by atoms with Crippen molar-refractivity contribution in [3.63, 3.8) is 0 Å². The number of carbonyl (C=O) groups excluding carboxylic acids is 1. The van der Waals surface area contributed by atoms with Gasteiger partial charge in [0.2, 0.25) is 5.95 Å². The molecule has 2 aromatic rings. The van der Waals surface area contributed by atoms with Crippen LogP contribution in [0.15, 0.2) is 42.7 Å². The van der Waals surface area contributed by atoms with Crippen LogP contribution in [-0.4, -0.2) is 37.2 Å². The van der Waals surface area contributed by atoms with Gasteiger partial charge in [-0.1, -0.05) is 35.8 Å². The second-order valence-electron chi connectivity index (χ2n) is 5.44. The molecule has 104 valence electrons. The van der Waals surface area contributed by atoms with Crippen molar-refractivity contribution >= 4 is 25.5 Å². The summed E-state index contributed by atoms with van der Waals surface area (Å²) in [6, 6.07) is 10.00. The zero-order valence-electron chi connectivity index (χ0n) is 11.8. The number of aromatic nitrogens is 2. The van der Waals surface area contributed by atoms with Crippen LogP contribution < -0.4 is 10.4 Å². The fraction of sp³-hybridized carbons (Fsp3) is 0.312. The third-order valence-electron chi connectivity index (χ3n) is 4.17. The molecule has 0 amide bonds. The number of carbonyl (C=O) groups is 1. The Morgan fingerprint density at radius 2 is 1.71 bits per heavy atom.